The number of amides is 1. The lowest BCUT2D eigenvalue weighted by molar-refractivity contribution is -0.133. The fourth-order valence-electron chi connectivity index (χ4n) is 3.13. The molecule has 1 heterocycles. The third-order valence-electron chi connectivity index (χ3n) is 4.40. The minimum atomic E-state index is -0.900. The minimum absolute atomic E-state index is 0.182. The Labute approximate surface area is 154 Å². The quantitative estimate of drug-likeness (QED) is 0.615. The Morgan fingerprint density at radius 1 is 1.24 bits per heavy atom. The molecule has 2 aromatic carbocycles. The summed E-state index contributed by atoms with van der Waals surface area (Å²) in [5.74, 6) is -0.553. The van der Waals surface area contributed by atoms with Crippen LogP contribution in [0.25, 0.3) is 0 Å². The molecule has 1 N–H and O–H groups in total. The van der Waals surface area contributed by atoms with E-state index in [4.69, 9.17) is 4.74 Å². The molecule has 0 saturated carbocycles. The smallest absolute Gasteiger partial charge is 0.236 e. The molecule has 0 spiro atoms. The Morgan fingerprint density at radius 3 is 2.48 bits per heavy atom. The molecule has 1 fully saturated rings. The fraction of sp³-hybridized carbons (Fsp3) is 0.263. The fourth-order valence-corrected chi connectivity index (χ4v) is 3.66. The minimum Gasteiger partial charge on any atom is -0.496 e. The van der Waals surface area contributed by atoms with Gasteiger partial charge in [-0.3, -0.25) is 9.59 Å². The number of ether oxygens (including phenoxy) is 1. The van der Waals surface area contributed by atoms with Gasteiger partial charge in [-0.25, -0.2) is 0 Å². The molecule has 2 aromatic rings. The maximum atomic E-state index is 12.9. The topological polar surface area (TPSA) is 66.8 Å². The standard InChI is InChI=1S/C19H18BrNO4/c1-11(22)16-17(18(23)12-6-4-3-5-7-12)21(19(16)24)13-8-9-15(25-2)14(20)10-13/h3-11,16-17,22H,1-2H3/t11?,16-,17+/m0/s1. The van der Waals surface area contributed by atoms with E-state index in [9.17, 15) is 14.7 Å². The van der Waals surface area contributed by atoms with Crippen LogP contribution in [0.5, 0.6) is 5.75 Å². The number of Topliss-reactive ketones (excluding diaryl/α,β-unsaturated/α-hetero) is 1. The van der Waals surface area contributed by atoms with Crippen LogP contribution in [0.1, 0.15) is 17.3 Å². The van der Waals surface area contributed by atoms with E-state index < -0.39 is 18.1 Å². The molecular formula is C19H18BrNO4. The van der Waals surface area contributed by atoms with Gasteiger partial charge in [-0.2, -0.15) is 0 Å². The average molecular weight is 404 g/mol. The summed E-state index contributed by atoms with van der Waals surface area (Å²) in [6.45, 7) is 1.54. The Balaban J connectivity index is 1.98. The van der Waals surface area contributed by atoms with Crippen LogP contribution in [0.3, 0.4) is 0 Å². The number of anilines is 1. The van der Waals surface area contributed by atoms with Crippen LogP contribution < -0.4 is 9.64 Å². The van der Waals surface area contributed by atoms with Gasteiger partial charge in [0.1, 0.15) is 11.8 Å². The Morgan fingerprint density at radius 2 is 1.92 bits per heavy atom. The predicted molar refractivity (Wildman–Crippen MR) is 97.9 cm³/mol. The van der Waals surface area contributed by atoms with E-state index in [0.717, 1.165) is 0 Å². The first-order valence-electron chi connectivity index (χ1n) is 7.89. The first-order chi connectivity index (χ1) is 12.0. The van der Waals surface area contributed by atoms with Crippen molar-refractivity contribution in [2.75, 3.05) is 12.0 Å². The molecule has 0 aliphatic carbocycles. The van der Waals surface area contributed by atoms with Gasteiger partial charge in [-0.05, 0) is 41.1 Å². The van der Waals surface area contributed by atoms with Crippen molar-refractivity contribution in [2.45, 2.75) is 19.1 Å². The van der Waals surface area contributed by atoms with Crippen molar-refractivity contribution < 1.29 is 19.4 Å². The summed E-state index contributed by atoms with van der Waals surface area (Å²) in [7, 11) is 1.56. The van der Waals surface area contributed by atoms with E-state index in [-0.39, 0.29) is 11.7 Å². The second-order valence-corrected chi connectivity index (χ2v) is 6.82. The number of methoxy groups -OCH3 is 1. The number of aliphatic hydroxyl groups is 1. The van der Waals surface area contributed by atoms with Crippen molar-refractivity contribution in [3.05, 3.63) is 58.6 Å². The molecule has 0 bridgehead atoms. The Bertz CT molecular complexity index is 806. The van der Waals surface area contributed by atoms with Crippen molar-refractivity contribution >= 4 is 33.3 Å². The van der Waals surface area contributed by atoms with E-state index in [2.05, 4.69) is 15.9 Å². The molecule has 0 aromatic heterocycles. The number of halogens is 1. The number of aliphatic hydroxyl groups excluding tert-OH is 1. The van der Waals surface area contributed by atoms with Crippen LogP contribution in [0.4, 0.5) is 5.69 Å². The van der Waals surface area contributed by atoms with Gasteiger partial charge in [0.15, 0.2) is 5.78 Å². The van der Waals surface area contributed by atoms with Gasteiger partial charge in [-0.1, -0.05) is 30.3 Å². The Hall–Kier alpha value is -2.18. The first kappa shape index (κ1) is 17.6. The van der Waals surface area contributed by atoms with Gasteiger partial charge in [-0.15, -0.1) is 0 Å². The van der Waals surface area contributed by atoms with Gasteiger partial charge in [0.25, 0.3) is 0 Å². The lowest BCUT2D eigenvalue weighted by Crippen LogP contribution is -2.67. The predicted octanol–water partition coefficient (Wildman–Crippen LogP) is 3.05. The van der Waals surface area contributed by atoms with Crippen LogP contribution >= 0.6 is 15.9 Å². The summed E-state index contributed by atoms with van der Waals surface area (Å²) in [5.41, 5.74) is 1.10. The number of carbonyl (C=O) groups is 2. The summed E-state index contributed by atoms with van der Waals surface area (Å²) >= 11 is 3.40. The molecule has 1 aliphatic heterocycles. The van der Waals surface area contributed by atoms with Crippen molar-refractivity contribution in [3.8, 4) is 5.75 Å². The summed E-state index contributed by atoms with van der Waals surface area (Å²) in [6, 6.07) is 13.3. The summed E-state index contributed by atoms with van der Waals surface area (Å²) in [4.78, 5) is 27.0. The molecule has 1 unspecified atom stereocenters. The van der Waals surface area contributed by atoms with Crippen LogP contribution in [0.2, 0.25) is 0 Å². The van der Waals surface area contributed by atoms with Crippen LogP contribution in [-0.2, 0) is 4.79 Å². The molecule has 5 nitrogen and oxygen atoms in total. The second kappa shape index (κ2) is 6.98. The highest BCUT2D eigenvalue weighted by Crippen LogP contribution is 2.39. The monoisotopic (exact) mass is 403 g/mol. The largest absolute Gasteiger partial charge is 0.496 e. The van der Waals surface area contributed by atoms with E-state index in [1.807, 2.05) is 6.07 Å². The number of carbonyl (C=O) groups excluding carboxylic acids is 2. The SMILES string of the molecule is COc1ccc(N2C(=O)[C@@H](C(C)O)[C@@H]2C(=O)c2ccccc2)cc1Br. The highest BCUT2D eigenvalue weighted by atomic mass is 79.9. The maximum absolute atomic E-state index is 12.9. The maximum Gasteiger partial charge on any atom is 0.236 e. The van der Waals surface area contributed by atoms with Gasteiger partial charge in [0.05, 0.1) is 23.6 Å². The zero-order valence-electron chi connectivity index (χ0n) is 13.8. The summed E-state index contributed by atoms with van der Waals surface area (Å²) in [6.07, 6.45) is -0.900. The lowest BCUT2D eigenvalue weighted by Gasteiger charge is -2.47. The number of hydrogen-bond donors (Lipinski definition) is 1. The number of nitrogens with zero attached hydrogens (tertiary/aromatic N) is 1. The zero-order chi connectivity index (χ0) is 18.1. The second-order valence-electron chi connectivity index (χ2n) is 5.97. The molecular weight excluding hydrogens is 386 g/mol. The normalized spacial score (nSPS) is 20.8. The number of rotatable bonds is 5. The molecule has 0 radical (unpaired) electrons. The molecule has 1 aliphatic rings. The molecule has 3 atom stereocenters. The number of hydrogen-bond acceptors (Lipinski definition) is 4. The molecule has 3 rings (SSSR count). The highest BCUT2D eigenvalue weighted by Gasteiger charge is 2.54. The summed E-state index contributed by atoms with van der Waals surface area (Å²) in [5, 5.41) is 9.98. The van der Waals surface area contributed by atoms with Crippen molar-refractivity contribution in [3.63, 3.8) is 0 Å². The third kappa shape index (κ3) is 3.07. The number of β-lactam (4-membered cyclic amide) rings is 1. The van der Waals surface area contributed by atoms with E-state index in [1.165, 1.54) is 11.8 Å². The Kier molecular flexibility index (Phi) is 4.92. The molecule has 1 amide bonds. The van der Waals surface area contributed by atoms with Crippen molar-refractivity contribution in [1.29, 1.82) is 0 Å². The molecule has 25 heavy (non-hydrogen) atoms. The number of benzene rings is 2. The van der Waals surface area contributed by atoms with Gasteiger partial charge in [0, 0.05) is 11.3 Å². The summed E-state index contributed by atoms with van der Waals surface area (Å²) < 4.78 is 5.89. The van der Waals surface area contributed by atoms with Gasteiger partial charge < -0.3 is 14.7 Å². The van der Waals surface area contributed by atoms with E-state index >= 15 is 0 Å². The van der Waals surface area contributed by atoms with Crippen molar-refractivity contribution in [2.24, 2.45) is 5.92 Å². The van der Waals surface area contributed by atoms with Crippen LogP contribution in [-0.4, -0.2) is 36.1 Å². The number of ketones is 1. The van der Waals surface area contributed by atoms with Crippen LogP contribution in [0, 0.1) is 5.92 Å². The van der Waals surface area contributed by atoms with E-state index in [0.29, 0.717) is 21.5 Å². The zero-order valence-corrected chi connectivity index (χ0v) is 15.4. The van der Waals surface area contributed by atoms with E-state index in [1.54, 1.807) is 49.6 Å². The molecule has 130 valence electrons. The lowest BCUT2D eigenvalue weighted by atomic mass is 9.78. The van der Waals surface area contributed by atoms with Crippen LogP contribution in [0.15, 0.2) is 53.0 Å². The van der Waals surface area contributed by atoms with Gasteiger partial charge in [0.2, 0.25) is 5.91 Å². The average Bonchev–Trinajstić information content (AvgIpc) is 2.59. The first-order valence-corrected chi connectivity index (χ1v) is 8.69. The highest BCUT2D eigenvalue weighted by molar-refractivity contribution is 9.10. The molecule has 6 heteroatoms. The third-order valence-corrected chi connectivity index (χ3v) is 5.02. The van der Waals surface area contributed by atoms with Crippen molar-refractivity contribution in [1.82, 2.24) is 0 Å². The molecule has 1 saturated heterocycles. The van der Waals surface area contributed by atoms with Gasteiger partial charge >= 0.3 is 0 Å².